The van der Waals surface area contributed by atoms with Crippen LogP contribution in [0.1, 0.15) is 57.8 Å². The van der Waals surface area contributed by atoms with Gasteiger partial charge in [0.2, 0.25) is 5.91 Å². The Balaban J connectivity index is 2.06. The first-order valence-corrected chi connectivity index (χ1v) is 8.89. The van der Waals surface area contributed by atoms with Gasteiger partial charge in [-0.2, -0.15) is 0 Å². The molecule has 1 heterocycles. The Hall–Kier alpha value is -1.85. The van der Waals surface area contributed by atoms with Crippen molar-refractivity contribution in [3.63, 3.8) is 0 Å². The fraction of sp³-hybridized carbons (Fsp3) is 0.722. The molecule has 134 valence electrons. The van der Waals surface area contributed by atoms with Gasteiger partial charge in [0.25, 0.3) is 0 Å². The molecule has 0 aromatic heterocycles. The number of amides is 1. The average molecular weight is 337 g/mol. The van der Waals surface area contributed by atoms with Gasteiger partial charge in [-0.05, 0) is 31.6 Å². The molecule has 24 heavy (non-hydrogen) atoms. The third-order valence-electron chi connectivity index (χ3n) is 4.85. The summed E-state index contributed by atoms with van der Waals surface area (Å²) in [4.78, 5) is 35.3. The van der Waals surface area contributed by atoms with Crippen LogP contribution in [-0.4, -0.2) is 35.6 Å². The van der Waals surface area contributed by atoms with Crippen molar-refractivity contribution < 1.29 is 24.2 Å². The summed E-state index contributed by atoms with van der Waals surface area (Å²) in [5, 5.41) is 12.0. The van der Waals surface area contributed by atoms with Gasteiger partial charge in [0.15, 0.2) is 0 Å². The first-order valence-electron chi connectivity index (χ1n) is 8.89. The molecule has 2 atom stereocenters. The summed E-state index contributed by atoms with van der Waals surface area (Å²) in [6.07, 6.45) is 10.2. The second kappa shape index (κ2) is 9.45. The molecule has 1 aliphatic heterocycles. The van der Waals surface area contributed by atoms with E-state index in [1.54, 1.807) is 6.08 Å². The minimum absolute atomic E-state index is 0.0195. The van der Waals surface area contributed by atoms with E-state index in [1.165, 1.54) is 6.42 Å². The number of cyclic esters (lactones) is 1. The molecule has 2 aliphatic rings. The van der Waals surface area contributed by atoms with Crippen LogP contribution in [0.4, 0.5) is 0 Å². The average Bonchev–Trinajstić information content (AvgIpc) is 2.56. The Morgan fingerprint density at radius 1 is 1.21 bits per heavy atom. The van der Waals surface area contributed by atoms with Crippen LogP contribution < -0.4 is 5.32 Å². The number of aliphatic carboxylic acids is 1. The molecule has 0 aromatic rings. The molecule has 6 nitrogen and oxygen atoms in total. The molecule has 0 spiro atoms. The van der Waals surface area contributed by atoms with Gasteiger partial charge in [0.1, 0.15) is 6.61 Å². The molecule has 1 amide bonds. The van der Waals surface area contributed by atoms with E-state index in [9.17, 15) is 14.4 Å². The predicted molar refractivity (Wildman–Crippen MR) is 88.2 cm³/mol. The molecule has 2 rings (SSSR count). The fourth-order valence-electron chi connectivity index (χ4n) is 3.47. The summed E-state index contributed by atoms with van der Waals surface area (Å²) in [6.45, 7) is 0.134. The Morgan fingerprint density at radius 2 is 1.96 bits per heavy atom. The summed E-state index contributed by atoms with van der Waals surface area (Å²) in [6, 6.07) is -0.171. The van der Waals surface area contributed by atoms with Gasteiger partial charge in [0.05, 0.1) is 18.4 Å². The highest BCUT2D eigenvalue weighted by molar-refractivity contribution is 5.79. The minimum atomic E-state index is -1.01. The summed E-state index contributed by atoms with van der Waals surface area (Å²) < 4.78 is 5.39. The molecule has 2 N–H and O–H groups in total. The smallest absolute Gasteiger partial charge is 0.309 e. The van der Waals surface area contributed by atoms with Crippen molar-refractivity contribution in [1.82, 2.24) is 5.32 Å². The van der Waals surface area contributed by atoms with E-state index in [2.05, 4.69) is 5.32 Å². The van der Waals surface area contributed by atoms with Crippen LogP contribution in [0, 0.1) is 11.8 Å². The van der Waals surface area contributed by atoms with Crippen LogP contribution in [0.5, 0.6) is 0 Å². The van der Waals surface area contributed by atoms with Crippen LogP contribution in [0.2, 0.25) is 0 Å². The fourth-order valence-corrected chi connectivity index (χ4v) is 3.47. The van der Waals surface area contributed by atoms with Crippen molar-refractivity contribution in [1.29, 1.82) is 0 Å². The van der Waals surface area contributed by atoms with Crippen LogP contribution in [0.25, 0.3) is 0 Å². The normalized spacial score (nSPS) is 28.8. The van der Waals surface area contributed by atoms with E-state index in [0.717, 1.165) is 25.7 Å². The van der Waals surface area contributed by atoms with E-state index < -0.39 is 17.9 Å². The lowest BCUT2D eigenvalue weighted by molar-refractivity contribution is -0.154. The van der Waals surface area contributed by atoms with Gasteiger partial charge in [-0.15, -0.1) is 0 Å². The summed E-state index contributed by atoms with van der Waals surface area (Å²) in [5.74, 6) is -1.85. The predicted octanol–water partition coefficient (Wildman–Crippen LogP) is 2.43. The minimum Gasteiger partial charge on any atom is -0.481 e. The van der Waals surface area contributed by atoms with Crippen molar-refractivity contribution in [2.24, 2.45) is 11.8 Å². The topological polar surface area (TPSA) is 92.7 Å². The number of carboxylic acid groups (broad SMARTS) is 1. The van der Waals surface area contributed by atoms with Gasteiger partial charge >= 0.3 is 11.9 Å². The van der Waals surface area contributed by atoms with Gasteiger partial charge in [0, 0.05) is 6.42 Å². The molecule has 1 saturated carbocycles. The molecular formula is C18H27NO5. The summed E-state index contributed by atoms with van der Waals surface area (Å²) in [7, 11) is 0. The lowest BCUT2D eigenvalue weighted by Gasteiger charge is -2.31. The third-order valence-corrected chi connectivity index (χ3v) is 4.85. The monoisotopic (exact) mass is 337 g/mol. The highest BCUT2D eigenvalue weighted by Gasteiger charge is 2.28. The zero-order valence-corrected chi connectivity index (χ0v) is 14.0. The lowest BCUT2D eigenvalue weighted by atomic mass is 9.84. The van der Waals surface area contributed by atoms with Gasteiger partial charge < -0.3 is 15.2 Å². The summed E-state index contributed by atoms with van der Waals surface area (Å²) >= 11 is 0. The number of nitrogens with one attached hydrogen (secondary N) is 1. The molecular weight excluding hydrogens is 310 g/mol. The Kier molecular flexibility index (Phi) is 7.28. The third kappa shape index (κ3) is 5.98. The number of carbonyl (C=O) groups is 3. The van der Waals surface area contributed by atoms with Crippen molar-refractivity contribution >= 4 is 17.8 Å². The van der Waals surface area contributed by atoms with Gasteiger partial charge in [-0.25, -0.2) is 0 Å². The largest absolute Gasteiger partial charge is 0.481 e. The Bertz CT molecular complexity index is 482. The first-order chi connectivity index (χ1) is 11.6. The second-order valence-corrected chi connectivity index (χ2v) is 6.74. The lowest BCUT2D eigenvalue weighted by Crippen LogP contribution is -2.45. The van der Waals surface area contributed by atoms with E-state index in [4.69, 9.17) is 9.84 Å². The summed E-state index contributed by atoms with van der Waals surface area (Å²) in [5.41, 5.74) is 0. The van der Waals surface area contributed by atoms with E-state index in [0.29, 0.717) is 25.2 Å². The second-order valence-electron chi connectivity index (χ2n) is 6.74. The number of rotatable bonds is 3. The van der Waals surface area contributed by atoms with Crippen molar-refractivity contribution in [2.75, 3.05) is 6.61 Å². The van der Waals surface area contributed by atoms with Crippen molar-refractivity contribution in [3.05, 3.63) is 12.2 Å². The van der Waals surface area contributed by atoms with Gasteiger partial charge in [-0.1, -0.05) is 31.4 Å². The quantitative estimate of drug-likeness (QED) is 0.609. The van der Waals surface area contributed by atoms with Crippen LogP contribution >= 0.6 is 0 Å². The van der Waals surface area contributed by atoms with E-state index >= 15 is 0 Å². The molecule has 0 unspecified atom stereocenters. The zero-order chi connectivity index (χ0) is 17.4. The highest BCUT2D eigenvalue weighted by atomic mass is 16.5. The number of carboxylic acids is 1. The number of carbonyl (C=O) groups excluding carboxylic acids is 2. The Labute approximate surface area is 142 Å². The van der Waals surface area contributed by atoms with Crippen molar-refractivity contribution in [2.45, 2.75) is 63.8 Å². The van der Waals surface area contributed by atoms with Crippen LogP contribution in [-0.2, 0) is 19.1 Å². The van der Waals surface area contributed by atoms with E-state index in [-0.39, 0.29) is 25.0 Å². The molecule has 0 saturated heterocycles. The maximum atomic E-state index is 12.2. The number of esters is 1. The maximum absolute atomic E-state index is 12.2. The number of ether oxygens (including phenoxy) is 1. The molecule has 0 bridgehead atoms. The number of allylic oxidation sites excluding steroid dienone is 2. The molecule has 1 fully saturated rings. The Morgan fingerprint density at radius 3 is 2.67 bits per heavy atom. The maximum Gasteiger partial charge on any atom is 0.309 e. The number of hydrogen-bond donors (Lipinski definition) is 2. The zero-order valence-electron chi connectivity index (χ0n) is 14.0. The van der Waals surface area contributed by atoms with Gasteiger partial charge in [-0.3, -0.25) is 14.4 Å². The molecule has 0 aromatic carbocycles. The van der Waals surface area contributed by atoms with Crippen LogP contribution in [0.3, 0.4) is 0 Å². The molecule has 1 aliphatic carbocycles. The number of hydrogen-bond acceptors (Lipinski definition) is 4. The highest BCUT2D eigenvalue weighted by Crippen LogP contribution is 2.27. The van der Waals surface area contributed by atoms with E-state index in [1.807, 2.05) is 6.08 Å². The first kappa shape index (κ1) is 18.5. The SMILES string of the molecule is O=C(O)C[C@@H]1C/C=C\CCC(=O)N[C@H](C2CCCCC2)COC1=O. The van der Waals surface area contributed by atoms with Crippen molar-refractivity contribution in [3.8, 4) is 0 Å². The van der Waals surface area contributed by atoms with Crippen LogP contribution in [0.15, 0.2) is 12.2 Å². The molecule has 0 radical (unpaired) electrons. The standard InChI is InChI=1S/C18H27NO5/c20-16-10-6-2-5-9-14(11-17(21)22)18(23)24-12-15(19-16)13-7-3-1-4-8-13/h2,5,13-15H,1,3-4,6-12H2,(H,19,20)(H,21,22)/b5-2-/t14-,15-/m0/s1. The molecule has 6 heteroatoms.